The van der Waals surface area contributed by atoms with Crippen molar-refractivity contribution in [1.82, 2.24) is 9.80 Å². The van der Waals surface area contributed by atoms with Gasteiger partial charge in [0.1, 0.15) is 11.4 Å². The van der Waals surface area contributed by atoms with Crippen LogP contribution < -0.4 is 10.6 Å². The van der Waals surface area contributed by atoms with Crippen molar-refractivity contribution < 1.29 is 23.5 Å². The number of ether oxygens (including phenoxy) is 1. The van der Waals surface area contributed by atoms with Crippen molar-refractivity contribution in [1.29, 1.82) is 0 Å². The topological polar surface area (TPSA) is 91.0 Å². The van der Waals surface area contributed by atoms with Crippen molar-refractivity contribution in [3.05, 3.63) is 24.0 Å². The fraction of sp³-hybridized carbons (Fsp3) is 0.526. The maximum absolute atomic E-state index is 13.7. The maximum Gasteiger partial charge on any atom is 0.410 e. The molecule has 1 heterocycles. The third-order valence-electron chi connectivity index (χ3n) is 4.00. The molecule has 0 aromatic heterocycles. The van der Waals surface area contributed by atoms with E-state index in [-0.39, 0.29) is 30.1 Å². The summed E-state index contributed by atoms with van der Waals surface area (Å²) in [5, 5.41) is 5.33. The number of carbonyl (C=O) groups excluding carboxylic acids is 3. The van der Waals surface area contributed by atoms with E-state index < -0.39 is 11.4 Å². The highest BCUT2D eigenvalue weighted by Crippen LogP contribution is 2.19. The predicted octanol–water partition coefficient (Wildman–Crippen LogP) is 2.28. The van der Waals surface area contributed by atoms with Gasteiger partial charge in [0, 0.05) is 38.8 Å². The minimum absolute atomic E-state index is 0.0254. The van der Waals surface area contributed by atoms with Gasteiger partial charge in [-0.1, -0.05) is 0 Å². The number of anilines is 2. The van der Waals surface area contributed by atoms with E-state index in [1.54, 1.807) is 9.80 Å². The monoisotopic (exact) mass is 394 g/mol. The number of amides is 3. The highest BCUT2D eigenvalue weighted by molar-refractivity contribution is 5.89. The number of halogens is 1. The Morgan fingerprint density at radius 2 is 1.71 bits per heavy atom. The van der Waals surface area contributed by atoms with E-state index in [4.69, 9.17) is 4.74 Å². The molecule has 0 radical (unpaired) electrons. The SMILES string of the molecule is CC(=O)Nc1cc(NCC(=O)N2CCN(C(=O)OC(C)(C)C)CC2)ccc1F. The molecule has 3 amide bonds. The van der Waals surface area contributed by atoms with Gasteiger partial charge in [-0.15, -0.1) is 0 Å². The normalized spacial score (nSPS) is 14.5. The second-order valence-electron chi connectivity index (χ2n) is 7.58. The van der Waals surface area contributed by atoms with E-state index in [0.29, 0.717) is 31.9 Å². The molecule has 1 aromatic rings. The minimum Gasteiger partial charge on any atom is -0.444 e. The smallest absolute Gasteiger partial charge is 0.410 e. The molecule has 2 N–H and O–H groups in total. The molecule has 0 aliphatic carbocycles. The van der Waals surface area contributed by atoms with Gasteiger partial charge in [-0.3, -0.25) is 9.59 Å². The zero-order valence-electron chi connectivity index (χ0n) is 16.7. The fourth-order valence-electron chi connectivity index (χ4n) is 2.68. The Morgan fingerprint density at radius 3 is 2.29 bits per heavy atom. The van der Waals surface area contributed by atoms with Crippen LogP contribution in [-0.2, 0) is 14.3 Å². The molecule has 0 unspecified atom stereocenters. The minimum atomic E-state index is -0.556. The third-order valence-corrected chi connectivity index (χ3v) is 4.00. The zero-order valence-corrected chi connectivity index (χ0v) is 16.7. The van der Waals surface area contributed by atoms with Gasteiger partial charge in [0.2, 0.25) is 11.8 Å². The van der Waals surface area contributed by atoms with Crippen LogP contribution in [0.25, 0.3) is 0 Å². The molecular formula is C19H27FN4O4. The number of benzene rings is 1. The lowest BCUT2D eigenvalue weighted by Crippen LogP contribution is -2.52. The maximum atomic E-state index is 13.7. The summed E-state index contributed by atoms with van der Waals surface area (Å²) in [7, 11) is 0. The summed E-state index contributed by atoms with van der Waals surface area (Å²) in [5.74, 6) is -1.06. The van der Waals surface area contributed by atoms with Crippen LogP contribution in [0.4, 0.5) is 20.6 Å². The Bertz CT molecular complexity index is 740. The average Bonchev–Trinajstić information content (AvgIpc) is 2.60. The molecule has 1 aromatic carbocycles. The number of hydrogen-bond acceptors (Lipinski definition) is 5. The Kier molecular flexibility index (Phi) is 6.82. The van der Waals surface area contributed by atoms with Crippen LogP contribution in [0.5, 0.6) is 0 Å². The summed E-state index contributed by atoms with van der Waals surface area (Å²) < 4.78 is 19.0. The second-order valence-corrected chi connectivity index (χ2v) is 7.58. The van der Waals surface area contributed by atoms with Crippen molar-refractivity contribution in [2.75, 3.05) is 43.4 Å². The van der Waals surface area contributed by atoms with Crippen LogP contribution in [-0.4, -0.2) is 66.0 Å². The number of carbonyl (C=O) groups is 3. The number of rotatable bonds is 4. The molecule has 0 bridgehead atoms. The molecule has 28 heavy (non-hydrogen) atoms. The van der Waals surface area contributed by atoms with Crippen molar-refractivity contribution in [2.45, 2.75) is 33.3 Å². The molecule has 154 valence electrons. The summed E-state index contributed by atoms with van der Waals surface area (Å²) in [6.45, 7) is 8.39. The van der Waals surface area contributed by atoms with Crippen molar-refractivity contribution >= 4 is 29.3 Å². The molecule has 0 saturated carbocycles. The van der Waals surface area contributed by atoms with Gasteiger partial charge < -0.3 is 25.2 Å². The van der Waals surface area contributed by atoms with Crippen LogP contribution in [0.3, 0.4) is 0 Å². The fourth-order valence-corrected chi connectivity index (χ4v) is 2.68. The molecule has 1 saturated heterocycles. The van der Waals surface area contributed by atoms with E-state index in [1.807, 2.05) is 20.8 Å². The second kappa shape index (κ2) is 8.90. The van der Waals surface area contributed by atoms with Crippen molar-refractivity contribution in [3.8, 4) is 0 Å². The predicted molar refractivity (Wildman–Crippen MR) is 104 cm³/mol. The highest BCUT2D eigenvalue weighted by atomic mass is 19.1. The van der Waals surface area contributed by atoms with Gasteiger partial charge in [0.15, 0.2) is 0 Å². The van der Waals surface area contributed by atoms with E-state index in [0.717, 1.165) is 0 Å². The lowest BCUT2D eigenvalue weighted by atomic mass is 10.2. The number of nitrogens with zero attached hydrogens (tertiary/aromatic N) is 2. The first-order valence-corrected chi connectivity index (χ1v) is 9.12. The summed E-state index contributed by atoms with van der Waals surface area (Å²) in [6.07, 6.45) is -0.380. The van der Waals surface area contributed by atoms with Crippen LogP contribution in [0.1, 0.15) is 27.7 Å². The molecule has 9 heteroatoms. The van der Waals surface area contributed by atoms with E-state index in [1.165, 1.54) is 25.1 Å². The molecule has 0 atom stereocenters. The lowest BCUT2D eigenvalue weighted by Gasteiger charge is -2.35. The zero-order chi connectivity index (χ0) is 20.9. The van der Waals surface area contributed by atoms with Crippen LogP contribution in [0.2, 0.25) is 0 Å². The average molecular weight is 394 g/mol. The summed E-state index contributed by atoms with van der Waals surface area (Å²) in [6, 6.07) is 4.15. The quantitative estimate of drug-likeness (QED) is 0.818. The number of piperazine rings is 1. The highest BCUT2D eigenvalue weighted by Gasteiger charge is 2.27. The van der Waals surface area contributed by atoms with E-state index >= 15 is 0 Å². The molecule has 0 spiro atoms. The van der Waals surface area contributed by atoms with Gasteiger partial charge in [0.25, 0.3) is 0 Å². The number of hydrogen-bond donors (Lipinski definition) is 2. The van der Waals surface area contributed by atoms with E-state index in [2.05, 4.69) is 10.6 Å². The van der Waals surface area contributed by atoms with Gasteiger partial charge in [-0.25, -0.2) is 9.18 Å². The number of nitrogens with one attached hydrogen (secondary N) is 2. The van der Waals surface area contributed by atoms with Crippen molar-refractivity contribution in [3.63, 3.8) is 0 Å². The Morgan fingerprint density at radius 1 is 1.11 bits per heavy atom. The lowest BCUT2D eigenvalue weighted by molar-refractivity contribution is -0.131. The third kappa shape index (κ3) is 6.40. The van der Waals surface area contributed by atoms with Gasteiger partial charge in [0.05, 0.1) is 12.2 Å². The molecule has 1 aliphatic rings. The molecule has 1 fully saturated rings. The van der Waals surface area contributed by atoms with Gasteiger partial charge in [-0.2, -0.15) is 0 Å². The van der Waals surface area contributed by atoms with Crippen LogP contribution in [0.15, 0.2) is 18.2 Å². The molecule has 8 nitrogen and oxygen atoms in total. The first-order chi connectivity index (χ1) is 13.0. The standard InChI is InChI=1S/C19H27FN4O4/c1-13(25)22-16-11-14(5-6-15(16)20)21-12-17(26)23-7-9-24(10-8-23)18(27)28-19(2,3)4/h5-6,11,21H,7-10,12H2,1-4H3,(H,22,25). The molecule has 1 aliphatic heterocycles. The summed E-state index contributed by atoms with van der Waals surface area (Å²) in [4.78, 5) is 38.8. The largest absolute Gasteiger partial charge is 0.444 e. The van der Waals surface area contributed by atoms with E-state index in [9.17, 15) is 18.8 Å². The van der Waals surface area contributed by atoms with Crippen molar-refractivity contribution in [2.24, 2.45) is 0 Å². The molecular weight excluding hydrogens is 367 g/mol. The van der Waals surface area contributed by atoms with Crippen LogP contribution in [0, 0.1) is 5.82 Å². The first-order valence-electron chi connectivity index (χ1n) is 9.12. The Balaban J connectivity index is 1.83. The molecule has 2 rings (SSSR count). The van der Waals surface area contributed by atoms with Gasteiger partial charge >= 0.3 is 6.09 Å². The summed E-state index contributed by atoms with van der Waals surface area (Å²) in [5.41, 5.74) is 0.0148. The summed E-state index contributed by atoms with van der Waals surface area (Å²) >= 11 is 0. The Labute approximate surface area is 164 Å². The van der Waals surface area contributed by atoms with Gasteiger partial charge in [-0.05, 0) is 39.0 Å². The first kappa shape index (κ1) is 21.5. The van der Waals surface area contributed by atoms with Crippen LogP contribution >= 0.6 is 0 Å². The Hall–Kier alpha value is -2.84.